The van der Waals surface area contributed by atoms with Crippen LogP contribution >= 0.6 is 0 Å². The van der Waals surface area contributed by atoms with E-state index in [0.29, 0.717) is 12.2 Å². The molecule has 1 N–H and O–H groups in total. The number of pyridine rings is 1. The van der Waals surface area contributed by atoms with Gasteiger partial charge in [0.15, 0.2) is 5.82 Å². The fourth-order valence-electron chi connectivity index (χ4n) is 4.74. The van der Waals surface area contributed by atoms with E-state index in [2.05, 4.69) is 91.7 Å². The monoisotopic (exact) mass is 441 g/mol. The zero-order valence-corrected chi connectivity index (χ0v) is 18.4. The molecule has 0 amide bonds. The van der Waals surface area contributed by atoms with Crippen LogP contribution in [0.3, 0.4) is 0 Å². The quantitative estimate of drug-likeness (QED) is 0.474. The van der Waals surface area contributed by atoms with Crippen molar-refractivity contribution in [1.29, 1.82) is 0 Å². The molecule has 1 aliphatic heterocycles. The van der Waals surface area contributed by atoms with Crippen LogP contribution in [-0.4, -0.2) is 50.6 Å². The van der Waals surface area contributed by atoms with E-state index in [1.807, 2.05) is 12.3 Å². The second-order valence-electron chi connectivity index (χ2n) is 8.45. The minimum Gasteiger partial charge on any atom is -0.296 e. The van der Waals surface area contributed by atoms with E-state index in [1.165, 1.54) is 16.7 Å². The van der Waals surface area contributed by atoms with Gasteiger partial charge < -0.3 is 0 Å². The summed E-state index contributed by atoms with van der Waals surface area (Å²) in [6.45, 7) is 3.47. The molecule has 0 aliphatic carbocycles. The summed E-state index contributed by atoms with van der Waals surface area (Å²) < 4.78 is 4.77. The largest absolute Gasteiger partial charge is 0.438 e. The van der Waals surface area contributed by atoms with Gasteiger partial charge in [0, 0.05) is 51.0 Å². The number of benzene rings is 2. The van der Waals surface area contributed by atoms with Crippen molar-refractivity contribution < 1.29 is 4.52 Å². The molecule has 1 aliphatic rings. The Morgan fingerprint density at radius 2 is 1.70 bits per heavy atom. The summed E-state index contributed by atoms with van der Waals surface area (Å²) >= 11 is 0. The van der Waals surface area contributed by atoms with Gasteiger partial charge in [-0.2, -0.15) is 0 Å². The first-order valence-electron chi connectivity index (χ1n) is 11.3. The van der Waals surface area contributed by atoms with Crippen LogP contribution in [0.5, 0.6) is 0 Å². The molecule has 168 valence electrons. The van der Waals surface area contributed by atoms with Crippen LogP contribution in [0.25, 0.3) is 0 Å². The van der Waals surface area contributed by atoms with Crippen molar-refractivity contribution >= 4 is 0 Å². The van der Waals surface area contributed by atoms with Crippen LogP contribution in [0, 0.1) is 0 Å². The van der Waals surface area contributed by atoms with Gasteiger partial charge in [0.2, 0.25) is 0 Å². The Bertz CT molecular complexity index is 1150. The Hall–Kier alpha value is -3.55. The highest BCUT2D eigenvalue weighted by Crippen LogP contribution is 2.31. The summed E-state index contributed by atoms with van der Waals surface area (Å²) in [4.78, 5) is 23.5. The number of aromatic amines is 1. The minimum absolute atomic E-state index is 0.159. The topological polar surface area (TPSA) is 78.3 Å². The normalized spacial score (nSPS) is 17.4. The van der Waals surface area contributed by atoms with Gasteiger partial charge in [-0.1, -0.05) is 71.9 Å². The molecule has 3 heterocycles. The van der Waals surface area contributed by atoms with E-state index >= 15 is 0 Å². The van der Waals surface area contributed by atoms with Gasteiger partial charge in [0.1, 0.15) is 0 Å². The van der Waals surface area contributed by atoms with Gasteiger partial charge in [0.25, 0.3) is 0 Å². The molecule has 1 fully saturated rings. The molecule has 0 unspecified atom stereocenters. The molecule has 33 heavy (non-hydrogen) atoms. The molecule has 7 nitrogen and oxygen atoms in total. The maximum absolute atomic E-state index is 11.5. The van der Waals surface area contributed by atoms with E-state index in [-0.39, 0.29) is 12.1 Å². The molecule has 2 aromatic carbocycles. The molecule has 0 radical (unpaired) electrons. The summed E-state index contributed by atoms with van der Waals surface area (Å²) in [5.41, 5.74) is 3.73. The Kier molecular flexibility index (Phi) is 6.41. The zero-order valence-electron chi connectivity index (χ0n) is 18.4. The lowest BCUT2D eigenvalue weighted by Gasteiger charge is -2.44. The molecule has 2 aromatic heterocycles. The van der Waals surface area contributed by atoms with Crippen molar-refractivity contribution in [3.8, 4) is 0 Å². The maximum Gasteiger partial charge on any atom is 0.438 e. The van der Waals surface area contributed by atoms with Crippen molar-refractivity contribution in [2.75, 3.05) is 19.6 Å². The van der Waals surface area contributed by atoms with Crippen molar-refractivity contribution in [1.82, 2.24) is 24.9 Å². The SMILES string of the molecule is O=c1[nH]c(C[C@H]2CN(C(c3ccccc3)c3ccccc3)CCN2Cc2cccnc2)no1. The van der Waals surface area contributed by atoms with Crippen LogP contribution in [0.1, 0.15) is 28.6 Å². The van der Waals surface area contributed by atoms with Crippen LogP contribution in [0.2, 0.25) is 0 Å². The lowest BCUT2D eigenvalue weighted by atomic mass is 9.95. The van der Waals surface area contributed by atoms with Crippen molar-refractivity contribution in [3.05, 3.63) is 118 Å². The molecule has 0 bridgehead atoms. The first-order valence-corrected chi connectivity index (χ1v) is 11.3. The number of nitrogens with one attached hydrogen (secondary N) is 1. The van der Waals surface area contributed by atoms with Crippen molar-refractivity contribution in [2.45, 2.75) is 25.0 Å². The third kappa shape index (κ3) is 5.10. The number of piperazine rings is 1. The molecule has 1 atom stereocenters. The van der Waals surface area contributed by atoms with Gasteiger partial charge >= 0.3 is 5.76 Å². The van der Waals surface area contributed by atoms with Gasteiger partial charge in [-0.15, -0.1) is 0 Å². The average Bonchev–Trinajstić information content (AvgIpc) is 3.27. The number of hydrogen-bond donors (Lipinski definition) is 1. The smallest absolute Gasteiger partial charge is 0.296 e. The highest BCUT2D eigenvalue weighted by atomic mass is 16.5. The van der Waals surface area contributed by atoms with Crippen molar-refractivity contribution in [2.24, 2.45) is 0 Å². The summed E-state index contributed by atoms with van der Waals surface area (Å²) in [6.07, 6.45) is 4.32. The highest BCUT2D eigenvalue weighted by molar-refractivity contribution is 5.32. The first kappa shape index (κ1) is 21.3. The van der Waals surface area contributed by atoms with E-state index in [0.717, 1.165) is 26.2 Å². The number of aromatic nitrogens is 3. The molecular formula is C26H27N5O2. The summed E-state index contributed by atoms with van der Waals surface area (Å²) in [6, 6.07) is 25.7. The maximum atomic E-state index is 11.5. The number of H-pyrrole nitrogens is 1. The summed E-state index contributed by atoms with van der Waals surface area (Å²) in [7, 11) is 0. The van der Waals surface area contributed by atoms with Crippen LogP contribution in [-0.2, 0) is 13.0 Å². The highest BCUT2D eigenvalue weighted by Gasteiger charge is 2.33. The first-order chi connectivity index (χ1) is 16.3. The second-order valence-corrected chi connectivity index (χ2v) is 8.45. The minimum atomic E-state index is -0.511. The van der Waals surface area contributed by atoms with Gasteiger partial charge in [-0.25, -0.2) is 4.79 Å². The van der Waals surface area contributed by atoms with E-state index in [9.17, 15) is 4.79 Å². The summed E-state index contributed by atoms with van der Waals surface area (Å²) in [5.74, 6) is 0.0712. The lowest BCUT2D eigenvalue weighted by molar-refractivity contribution is 0.0504. The van der Waals surface area contributed by atoms with Crippen LogP contribution in [0.15, 0.2) is 94.5 Å². The van der Waals surface area contributed by atoms with Gasteiger partial charge in [-0.05, 0) is 22.8 Å². The second kappa shape index (κ2) is 9.94. The average molecular weight is 442 g/mol. The number of nitrogens with zero attached hydrogens (tertiary/aromatic N) is 4. The van der Waals surface area contributed by atoms with Crippen LogP contribution in [0.4, 0.5) is 0 Å². The predicted molar refractivity (Wildman–Crippen MR) is 126 cm³/mol. The molecule has 5 rings (SSSR count). The Morgan fingerprint density at radius 1 is 0.970 bits per heavy atom. The molecule has 0 spiro atoms. The van der Waals surface area contributed by atoms with Crippen molar-refractivity contribution in [3.63, 3.8) is 0 Å². The van der Waals surface area contributed by atoms with E-state index in [4.69, 9.17) is 4.52 Å². The van der Waals surface area contributed by atoms with Gasteiger partial charge in [-0.3, -0.25) is 24.3 Å². The fourth-order valence-corrected chi connectivity index (χ4v) is 4.74. The summed E-state index contributed by atoms with van der Waals surface area (Å²) in [5, 5.41) is 3.94. The lowest BCUT2D eigenvalue weighted by Crippen LogP contribution is -2.54. The van der Waals surface area contributed by atoms with Crippen LogP contribution < -0.4 is 5.76 Å². The molecule has 4 aromatic rings. The zero-order chi connectivity index (χ0) is 22.5. The molecular weight excluding hydrogens is 414 g/mol. The number of rotatable bonds is 7. The van der Waals surface area contributed by atoms with E-state index in [1.54, 1.807) is 6.20 Å². The molecule has 1 saturated heterocycles. The fraction of sp³-hybridized carbons (Fsp3) is 0.269. The molecule has 7 heteroatoms. The Morgan fingerprint density at radius 3 is 2.30 bits per heavy atom. The number of hydrogen-bond acceptors (Lipinski definition) is 6. The predicted octanol–water partition coefficient (Wildman–Crippen LogP) is 3.28. The Labute approximate surface area is 192 Å². The third-order valence-electron chi connectivity index (χ3n) is 6.25. The molecule has 0 saturated carbocycles. The Balaban J connectivity index is 1.44. The third-order valence-corrected chi connectivity index (χ3v) is 6.25. The van der Waals surface area contributed by atoms with Gasteiger partial charge in [0.05, 0.1) is 6.04 Å². The standard InChI is InChI=1S/C26H27N5O2/c32-26-28-24(29-33-26)16-23-19-31(15-14-30(23)18-20-8-7-13-27-17-20)25(21-9-3-1-4-10-21)22-11-5-2-6-12-22/h1-13,17,23,25H,14-16,18-19H2,(H,28,29,32)/t23-/m0/s1. The van der Waals surface area contributed by atoms with E-state index < -0.39 is 5.76 Å².